The largest absolute Gasteiger partial charge is 0.493 e. The molecular weight excluding hydrogens is 374 g/mol. The summed E-state index contributed by atoms with van der Waals surface area (Å²) in [5.74, 6) is 0.0679. The fourth-order valence-corrected chi connectivity index (χ4v) is 4.18. The molecular formula is C22H23NO6. The number of rotatable bonds is 5. The van der Waals surface area contributed by atoms with Crippen molar-refractivity contribution < 1.29 is 24.3 Å². The zero-order valence-electron chi connectivity index (χ0n) is 16.4. The summed E-state index contributed by atoms with van der Waals surface area (Å²) >= 11 is 0. The van der Waals surface area contributed by atoms with E-state index in [9.17, 15) is 20.0 Å². The Labute approximate surface area is 168 Å². The van der Waals surface area contributed by atoms with Gasteiger partial charge in [-0.15, -0.1) is 0 Å². The van der Waals surface area contributed by atoms with Gasteiger partial charge in [0.1, 0.15) is 5.75 Å². The SMILES string of the molecule is COC(=O)C(O)c1c(C)cc([N+](=O)[O-])c(C2CC2)c1-c1ccc2c(c1)CCCO2. The van der Waals surface area contributed by atoms with Gasteiger partial charge in [0.25, 0.3) is 5.69 Å². The summed E-state index contributed by atoms with van der Waals surface area (Å²) in [6.07, 6.45) is 1.93. The molecule has 1 aliphatic carbocycles. The van der Waals surface area contributed by atoms with Gasteiger partial charge < -0.3 is 14.6 Å². The number of aliphatic hydroxyl groups excluding tert-OH is 1. The van der Waals surface area contributed by atoms with Gasteiger partial charge in [0.15, 0.2) is 6.10 Å². The van der Waals surface area contributed by atoms with E-state index in [-0.39, 0.29) is 16.5 Å². The maximum absolute atomic E-state index is 12.2. The number of fused-ring (bicyclic) bond motifs is 1. The molecule has 2 aromatic carbocycles. The van der Waals surface area contributed by atoms with Gasteiger partial charge >= 0.3 is 5.97 Å². The molecule has 2 aliphatic rings. The Morgan fingerprint density at radius 3 is 2.76 bits per heavy atom. The molecule has 0 radical (unpaired) electrons. The number of esters is 1. The third kappa shape index (κ3) is 3.46. The smallest absolute Gasteiger partial charge is 0.339 e. The van der Waals surface area contributed by atoms with E-state index in [1.807, 2.05) is 18.2 Å². The topological polar surface area (TPSA) is 98.9 Å². The molecule has 1 atom stereocenters. The van der Waals surface area contributed by atoms with Crippen molar-refractivity contribution in [1.29, 1.82) is 0 Å². The number of nitro benzene ring substituents is 1. The van der Waals surface area contributed by atoms with Gasteiger partial charge in [-0.1, -0.05) is 6.07 Å². The van der Waals surface area contributed by atoms with Crippen LogP contribution in [0, 0.1) is 17.0 Å². The Balaban J connectivity index is 2.01. The Morgan fingerprint density at radius 1 is 1.34 bits per heavy atom. The third-order valence-electron chi connectivity index (χ3n) is 5.67. The van der Waals surface area contributed by atoms with Crippen LogP contribution in [0.2, 0.25) is 0 Å². The van der Waals surface area contributed by atoms with Crippen molar-refractivity contribution >= 4 is 11.7 Å². The minimum absolute atomic E-state index is 0.0368. The number of carbonyl (C=O) groups excluding carboxylic acids is 1. The number of hydrogen-bond acceptors (Lipinski definition) is 6. The van der Waals surface area contributed by atoms with Crippen LogP contribution in [0.25, 0.3) is 11.1 Å². The molecule has 29 heavy (non-hydrogen) atoms. The number of nitrogens with zero attached hydrogens (tertiary/aromatic N) is 1. The molecule has 0 amide bonds. The molecule has 1 unspecified atom stereocenters. The summed E-state index contributed by atoms with van der Waals surface area (Å²) in [4.78, 5) is 23.6. The van der Waals surface area contributed by atoms with Crippen molar-refractivity contribution in [1.82, 2.24) is 0 Å². The van der Waals surface area contributed by atoms with Gasteiger partial charge in [-0.2, -0.15) is 0 Å². The summed E-state index contributed by atoms with van der Waals surface area (Å²) < 4.78 is 10.4. The predicted molar refractivity (Wildman–Crippen MR) is 106 cm³/mol. The van der Waals surface area contributed by atoms with Crippen LogP contribution in [0.3, 0.4) is 0 Å². The minimum atomic E-state index is -1.51. The molecule has 1 aliphatic heterocycles. The van der Waals surface area contributed by atoms with Crippen LogP contribution in [-0.4, -0.2) is 29.7 Å². The lowest BCUT2D eigenvalue weighted by Crippen LogP contribution is -2.17. The summed E-state index contributed by atoms with van der Waals surface area (Å²) in [7, 11) is 1.21. The fourth-order valence-electron chi connectivity index (χ4n) is 4.18. The highest BCUT2D eigenvalue weighted by Gasteiger charge is 2.38. The molecule has 4 rings (SSSR count). The van der Waals surface area contributed by atoms with Crippen molar-refractivity contribution in [3.05, 3.63) is 56.6 Å². The zero-order chi connectivity index (χ0) is 20.7. The molecule has 7 nitrogen and oxygen atoms in total. The number of carbonyl (C=O) groups is 1. The first-order valence-electron chi connectivity index (χ1n) is 9.76. The predicted octanol–water partition coefficient (Wildman–Crippen LogP) is 3.98. The first-order chi connectivity index (χ1) is 13.9. The van der Waals surface area contributed by atoms with Crippen LogP contribution < -0.4 is 4.74 Å². The molecule has 0 saturated heterocycles. The van der Waals surface area contributed by atoms with E-state index in [2.05, 4.69) is 0 Å². The highest BCUT2D eigenvalue weighted by atomic mass is 16.6. The molecule has 7 heteroatoms. The van der Waals surface area contributed by atoms with Crippen LogP contribution in [-0.2, 0) is 16.0 Å². The van der Waals surface area contributed by atoms with Crippen LogP contribution in [0.4, 0.5) is 5.69 Å². The lowest BCUT2D eigenvalue weighted by Gasteiger charge is -2.23. The fraction of sp³-hybridized carbons (Fsp3) is 0.409. The van der Waals surface area contributed by atoms with Gasteiger partial charge in [0.2, 0.25) is 0 Å². The number of nitro groups is 1. The molecule has 0 aromatic heterocycles. The van der Waals surface area contributed by atoms with E-state index in [4.69, 9.17) is 9.47 Å². The monoisotopic (exact) mass is 397 g/mol. The van der Waals surface area contributed by atoms with Crippen molar-refractivity contribution in [3.8, 4) is 16.9 Å². The molecule has 2 aromatic rings. The van der Waals surface area contributed by atoms with E-state index in [1.165, 1.54) is 13.2 Å². The van der Waals surface area contributed by atoms with E-state index in [0.29, 0.717) is 28.9 Å². The maximum Gasteiger partial charge on any atom is 0.339 e. The Morgan fingerprint density at radius 2 is 2.10 bits per heavy atom. The lowest BCUT2D eigenvalue weighted by atomic mass is 9.84. The highest BCUT2D eigenvalue weighted by molar-refractivity contribution is 5.86. The number of aryl methyl sites for hydroxylation is 2. The van der Waals surface area contributed by atoms with Gasteiger partial charge in [-0.3, -0.25) is 10.1 Å². The average molecular weight is 397 g/mol. The second-order valence-corrected chi connectivity index (χ2v) is 7.65. The summed E-state index contributed by atoms with van der Waals surface area (Å²) in [5, 5.41) is 22.6. The lowest BCUT2D eigenvalue weighted by molar-refractivity contribution is -0.385. The third-order valence-corrected chi connectivity index (χ3v) is 5.67. The van der Waals surface area contributed by atoms with Crippen LogP contribution in [0.5, 0.6) is 5.75 Å². The van der Waals surface area contributed by atoms with Gasteiger partial charge in [0.05, 0.1) is 18.6 Å². The number of aliphatic hydroxyl groups is 1. The Kier molecular flexibility index (Phi) is 5.00. The quantitative estimate of drug-likeness (QED) is 0.465. The molecule has 0 bridgehead atoms. The maximum atomic E-state index is 12.2. The first-order valence-corrected chi connectivity index (χ1v) is 9.76. The molecule has 0 spiro atoms. The second-order valence-electron chi connectivity index (χ2n) is 7.65. The Hall–Kier alpha value is -2.93. The van der Waals surface area contributed by atoms with Crippen LogP contribution in [0.15, 0.2) is 24.3 Å². The average Bonchev–Trinajstić information content (AvgIpc) is 3.56. The molecule has 1 saturated carbocycles. The van der Waals surface area contributed by atoms with Crippen molar-refractivity contribution in [2.75, 3.05) is 13.7 Å². The number of ether oxygens (including phenoxy) is 2. The molecule has 1 N–H and O–H groups in total. The molecule has 152 valence electrons. The summed E-state index contributed by atoms with van der Waals surface area (Å²) in [6, 6.07) is 7.14. The van der Waals surface area contributed by atoms with Crippen molar-refractivity contribution in [3.63, 3.8) is 0 Å². The number of methoxy groups -OCH3 is 1. The highest BCUT2D eigenvalue weighted by Crippen LogP contribution is 2.51. The van der Waals surface area contributed by atoms with E-state index >= 15 is 0 Å². The second kappa shape index (κ2) is 7.48. The summed E-state index contributed by atoms with van der Waals surface area (Å²) in [6.45, 7) is 2.35. The van der Waals surface area contributed by atoms with Crippen molar-refractivity contribution in [2.24, 2.45) is 0 Å². The minimum Gasteiger partial charge on any atom is -0.493 e. The number of benzene rings is 2. The standard InChI is InChI=1S/C22H23NO6/c1-12-10-16(23(26)27)19(13-5-6-13)20(18(12)21(24)22(25)28-2)15-7-8-17-14(11-15)4-3-9-29-17/h7-8,10-11,13,21,24H,3-6,9H2,1-2H3. The summed E-state index contributed by atoms with van der Waals surface area (Å²) in [5.41, 5.74) is 3.85. The van der Waals surface area contributed by atoms with Crippen LogP contribution >= 0.6 is 0 Å². The van der Waals surface area contributed by atoms with Gasteiger partial charge in [-0.25, -0.2) is 4.79 Å². The molecule has 1 heterocycles. The van der Waals surface area contributed by atoms with Gasteiger partial charge in [0, 0.05) is 17.2 Å². The molecule has 1 fully saturated rings. The normalized spacial score (nSPS) is 16.5. The van der Waals surface area contributed by atoms with Crippen LogP contribution in [0.1, 0.15) is 53.5 Å². The number of hydrogen-bond donors (Lipinski definition) is 1. The van der Waals surface area contributed by atoms with E-state index in [0.717, 1.165) is 42.6 Å². The van der Waals surface area contributed by atoms with E-state index < -0.39 is 12.1 Å². The van der Waals surface area contributed by atoms with Gasteiger partial charge in [-0.05, 0) is 72.9 Å². The first kappa shape index (κ1) is 19.4. The van der Waals surface area contributed by atoms with E-state index in [1.54, 1.807) is 6.92 Å². The zero-order valence-corrected chi connectivity index (χ0v) is 16.4. The van der Waals surface area contributed by atoms with Crippen molar-refractivity contribution in [2.45, 2.75) is 44.6 Å². The Bertz CT molecular complexity index is 995.